The number of amides is 1. The van der Waals surface area contributed by atoms with E-state index in [0.717, 1.165) is 20.4 Å². The van der Waals surface area contributed by atoms with Crippen molar-refractivity contribution in [3.05, 3.63) is 57.3 Å². The zero-order chi connectivity index (χ0) is 19.2. The van der Waals surface area contributed by atoms with Gasteiger partial charge in [-0.05, 0) is 50.2 Å². The summed E-state index contributed by atoms with van der Waals surface area (Å²) in [4.78, 5) is 17.7. The van der Waals surface area contributed by atoms with E-state index < -0.39 is 0 Å². The van der Waals surface area contributed by atoms with Crippen LogP contribution in [0.4, 0.5) is 0 Å². The second-order valence-electron chi connectivity index (χ2n) is 5.69. The highest BCUT2D eigenvalue weighted by Crippen LogP contribution is 2.27. The molecule has 0 radical (unpaired) electrons. The molecule has 0 aliphatic carbocycles. The number of rotatable bonds is 7. The fraction of sp³-hybridized carbons (Fsp3) is 0.300. The quantitative estimate of drug-likeness (QED) is 0.494. The van der Waals surface area contributed by atoms with Crippen molar-refractivity contribution >= 4 is 43.4 Å². The third kappa shape index (κ3) is 4.66. The number of benzene rings is 2. The van der Waals surface area contributed by atoms with Crippen LogP contribution in [0.25, 0.3) is 10.2 Å². The molecule has 0 fully saturated rings. The summed E-state index contributed by atoms with van der Waals surface area (Å²) in [5.74, 6) is 0.525. The van der Waals surface area contributed by atoms with Gasteiger partial charge in [-0.15, -0.1) is 0 Å². The zero-order valence-corrected chi connectivity index (χ0v) is 17.7. The number of nitrogens with zero attached hydrogens (tertiary/aromatic N) is 2. The maximum Gasteiger partial charge on any atom is 0.279 e. The van der Waals surface area contributed by atoms with Gasteiger partial charge >= 0.3 is 0 Å². The first-order valence-corrected chi connectivity index (χ1v) is 10.4. The van der Waals surface area contributed by atoms with Gasteiger partial charge in [-0.1, -0.05) is 33.3 Å². The monoisotopic (exact) mass is 448 g/mol. The van der Waals surface area contributed by atoms with Crippen molar-refractivity contribution < 1.29 is 14.3 Å². The van der Waals surface area contributed by atoms with Crippen LogP contribution in [0.15, 0.2) is 51.9 Å². The summed E-state index contributed by atoms with van der Waals surface area (Å²) in [6.07, 6.45) is 0. The first-order valence-electron chi connectivity index (χ1n) is 8.81. The minimum absolute atomic E-state index is 0.267. The predicted octanol–water partition coefficient (Wildman–Crippen LogP) is 4.64. The molecule has 2 aromatic carbocycles. The molecule has 0 aliphatic heterocycles. The highest BCUT2D eigenvalue weighted by Gasteiger charge is 2.13. The SMILES string of the molecule is CCOCCn1c(=NC(=O)c2ccc(Br)cc2)sc2cccc(OCC)c21. The second kappa shape index (κ2) is 9.30. The molecule has 27 heavy (non-hydrogen) atoms. The van der Waals surface area contributed by atoms with Gasteiger partial charge in [0.1, 0.15) is 11.3 Å². The van der Waals surface area contributed by atoms with Crippen LogP contribution < -0.4 is 9.54 Å². The lowest BCUT2D eigenvalue weighted by Gasteiger charge is -2.09. The van der Waals surface area contributed by atoms with E-state index in [0.29, 0.717) is 36.7 Å². The lowest BCUT2D eigenvalue weighted by atomic mass is 10.2. The standard InChI is InChI=1S/C20H21BrN2O3S/c1-3-25-13-12-23-18-16(26-4-2)6-5-7-17(18)27-20(23)22-19(24)14-8-10-15(21)11-9-14/h5-11H,3-4,12-13H2,1-2H3. The molecule has 0 saturated carbocycles. The number of thiazole rings is 1. The summed E-state index contributed by atoms with van der Waals surface area (Å²) in [5.41, 5.74) is 1.50. The van der Waals surface area contributed by atoms with Crippen molar-refractivity contribution in [1.29, 1.82) is 0 Å². The Morgan fingerprint density at radius 2 is 1.93 bits per heavy atom. The largest absolute Gasteiger partial charge is 0.492 e. The smallest absolute Gasteiger partial charge is 0.279 e. The highest BCUT2D eigenvalue weighted by atomic mass is 79.9. The Morgan fingerprint density at radius 1 is 1.15 bits per heavy atom. The van der Waals surface area contributed by atoms with Gasteiger partial charge in [0.2, 0.25) is 0 Å². The molecule has 0 bridgehead atoms. The minimum atomic E-state index is -0.267. The summed E-state index contributed by atoms with van der Waals surface area (Å²) < 4.78 is 15.3. The van der Waals surface area contributed by atoms with Crippen LogP contribution in [0.2, 0.25) is 0 Å². The number of halogens is 1. The van der Waals surface area contributed by atoms with Crippen molar-refractivity contribution in [1.82, 2.24) is 4.57 Å². The van der Waals surface area contributed by atoms with Crippen molar-refractivity contribution in [3.8, 4) is 5.75 Å². The lowest BCUT2D eigenvalue weighted by molar-refractivity contribution is 0.0996. The van der Waals surface area contributed by atoms with E-state index >= 15 is 0 Å². The molecule has 0 N–H and O–H groups in total. The Labute approximate surface area is 170 Å². The van der Waals surface area contributed by atoms with Gasteiger partial charge < -0.3 is 14.0 Å². The summed E-state index contributed by atoms with van der Waals surface area (Å²) in [6, 6.07) is 13.1. The van der Waals surface area contributed by atoms with E-state index in [9.17, 15) is 4.79 Å². The third-order valence-corrected chi connectivity index (χ3v) is 5.49. The first-order chi connectivity index (χ1) is 13.1. The van der Waals surface area contributed by atoms with E-state index in [-0.39, 0.29) is 5.91 Å². The summed E-state index contributed by atoms with van der Waals surface area (Å²) in [7, 11) is 0. The van der Waals surface area contributed by atoms with Crippen LogP contribution in [0.5, 0.6) is 5.75 Å². The van der Waals surface area contributed by atoms with Gasteiger partial charge in [-0.3, -0.25) is 4.79 Å². The molecular formula is C20H21BrN2O3S. The number of aromatic nitrogens is 1. The van der Waals surface area contributed by atoms with Gasteiger partial charge in [0, 0.05) is 23.2 Å². The van der Waals surface area contributed by atoms with Gasteiger partial charge in [-0.25, -0.2) is 0 Å². The normalized spacial score (nSPS) is 11.9. The molecule has 0 unspecified atom stereocenters. The molecule has 142 valence electrons. The highest BCUT2D eigenvalue weighted by molar-refractivity contribution is 9.10. The Hall–Kier alpha value is -1.96. The molecule has 7 heteroatoms. The van der Waals surface area contributed by atoms with Gasteiger partial charge in [0.15, 0.2) is 4.80 Å². The van der Waals surface area contributed by atoms with Crippen LogP contribution >= 0.6 is 27.3 Å². The number of fused-ring (bicyclic) bond motifs is 1. The van der Waals surface area contributed by atoms with Gasteiger partial charge in [0.25, 0.3) is 5.91 Å². The van der Waals surface area contributed by atoms with E-state index in [1.807, 2.05) is 48.7 Å². The molecule has 0 aliphatic rings. The predicted molar refractivity (Wildman–Crippen MR) is 112 cm³/mol. The van der Waals surface area contributed by atoms with Crippen LogP contribution in [0.1, 0.15) is 24.2 Å². The second-order valence-corrected chi connectivity index (χ2v) is 7.62. The molecule has 1 heterocycles. The summed E-state index contributed by atoms with van der Waals surface area (Å²) in [6.45, 7) is 6.28. The van der Waals surface area contributed by atoms with Crippen molar-refractivity contribution in [2.24, 2.45) is 4.99 Å². The molecule has 3 rings (SSSR count). The molecule has 0 atom stereocenters. The van der Waals surface area contributed by atoms with E-state index in [2.05, 4.69) is 20.9 Å². The number of para-hydroxylation sites is 1. The number of carbonyl (C=O) groups is 1. The zero-order valence-electron chi connectivity index (χ0n) is 15.3. The number of carbonyl (C=O) groups excluding carboxylic acids is 1. The lowest BCUT2D eigenvalue weighted by Crippen LogP contribution is -2.20. The van der Waals surface area contributed by atoms with Crippen LogP contribution in [-0.4, -0.2) is 30.3 Å². The molecular weight excluding hydrogens is 428 g/mol. The molecule has 0 spiro atoms. The van der Waals surface area contributed by atoms with E-state index in [1.165, 1.54) is 11.3 Å². The summed E-state index contributed by atoms with van der Waals surface area (Å²) >= 11 is 4.86. The molecule has 5 nitrogen and oxygen atoms in total. The fourth-order valence-electron chi connectivity index (χ4n) is 2.71. The number of ether oxygens (including phenoxy) is 2. The average Bonchev–Trinajstić information content (AvgIpc) is 3.01. The van der Waals surface area contributed by atoms with Crippen molar-refractivity contribution in [2.45, 2.75) is 20.4 Å². The van der Waals surface area contributed by atoms with Crippen molar-refractivity contribution in [3.63, 3.8) is 0 Å². The minimum Gasteiger partial charge on any atom is -0.492 e. The van der Waals surface area contributed by atoms with Crippen LogP contribution in [0, 0.1) is 0 Å². The first kappa shape index (κ1) is 19.8. The Bertz CT molecular complexity index is 993. The maximum atomic E-state index is 12.6. The average molecular weight is 449 g/mol. The van der Waals surface area contributed by atoms with Gasteiger partial charge in [-0.2, -0.15) is 4.99 Å². The molecule has 1 amide bonds. The third-order valence-electron chi connectivity index (χ3n) is 3.92. The van der Waals surface area contributed by atoms with Crippen LogP contribution in [0.3, 0.4) is 0 Å². The Balaban J connectivity index is 2.09. The van der Waals surface area contributed by atoms with Gasteiger partial charge in [0.05, 0.1) is 17.9 Å². The summed E-state index contributed by atoms with van der Waals surface area (Å²) in [5, 5.41) is 0. The maximum absolute atomic E-state index is 12.6. The van der Waals surface area contributed by atoms with Crippen molar-refractivity contribution in [2.75, 3.05) is 19.8 Å². The Morgan fingerprint density at radius 3 is 2.63 bits per heavy atom. The van der Waals surface area contributed by atoms with E-state index in [1.54, 1.807) is 12.1 Å². The fourth-order valence-corrected chi connectivity index (χ4v) is 4.04. The Kier molecular flexibility index (Phi) is 6.82. The molecule has 3 aromatic rings. The molecule has 0 saturated heterocycles. The van der Waals surface area contributed by atoms with E-state index in [4.69, 9.17) is 9.47 Å². The topological polar surface area (TPSA) is 52.8 Å². The number of hydrogen-bond donors (Lipinski definition) is 0. The molecule has 1 aromatic heterocycles. The number of hydrogen-bond acceptors (Lipinski definition) is 4. The van der Waals surface area contributed by atoms with Crippen LogP contribution in [-0.2, 0) is 11.3 Å².